The fourth-order valence-electron chi connectivity index (χ4n) is 2.69. The minimum atomic E-state index is -0.526. The van der Waals surface area contributed by atoms with Crippen molar-refractivity contribution in [3.63, 3.8) is 0 Å². The summed E-state index contributed by atoms with van der Waals surface area (Å²) in [5.41, 5.74) is 0.624. The molecule has 2 N–H and O–H groups in total. The van der Waals surface area contributed by atoms with Crippen molar-refractivity contribution < 1.29 is 18.9 Å². The van der Waals surface area contributed by atoms with E-state index in [4.69, 9.17) is 4.42 Å². The Balaban J connectivity index is 1.60. The zero-order valence-electron chi connectivity index (χ0n) is 15.8. The first kappa shape index (κ1) is 19.8. The topological polar surface area (TPSA) is 150 Å². The number of hydrogen-bond donors (Lipinski definition) is 2. The molecule has 0 bridgehead atoms. The molecule has 0 aliphatic heterocycles. The predicted octanol–water partition coefficient (Wildman–Crippen LogP) is 1.39. The third-order valence-corrected chi connectivity index (χ3v) is 4.12. The molecule has 0 aliphatic rings. The predicted molar refractivity (Wildman–Crippen MR) is 100.0 cm³/mol. The molecule has 3 rings (SSSR count). The highest BCUT2D eigenvalue weighted by molar-refractivity contribution is 6.02. The molecular formula is C17H19N7O5. The summed E-state index contributed by atoms with van der Waals surface area (Å²) in [7, 11) is 1.59. The van der Waals surface area contributed by atoms with Crippen LogP contribution in [-0.4, -0.2) is 36.3 Å². The number of aryl methyl sites for hydroxylation is 3. The van der Waals surface area contributed by atoms with E-state index in [1.54, 1.807) is 19.2 Å². The van der Waals surface area contributed by atoms with Gasteiger partial charge in [0.05, 0.1) is 29.6 Å². The normalized spacial score (nSPS) is 10.7. The van der Waals surface area contributed by atoms with Crippen LogP contribution in [0.1, 0.15) is 28.4 Å². The van der Waals surface area contributed by atoms with Crippen molar-refractivity contribution >= 4 is 23.2 Å². The summed E-state index contributed by atoms with van der Waals surface area (Å²) in [4.78, 5) is 35.1. The molecule has 0 radical (unpaired) electrons. The summed E-state index contributed by atoms with van der Waals surface area (Å²) in [6.45, 7) is 1.88. The molecule has 2 amide bonds. The number of furan rings is 1. The average Bonchev–Trinajstić information content (AvgIpc) is 3.39. The molecule has 0 aliphatic carbocycles. The van der Waals surface area contributed by atoms with Crippen LogP contribution in [0.2, 0.25) is 0 Å². The maximum absolute atomic E-state index is 12.5. The first-order chi connectivity index (χ1) is 13.8. The van der Waals surface area contributed by atoms with E-state index in [1.165, 1.54) is 34.9 Å². The Morgan fingerprint density at radius 3 is 2.83 bits per heavy atom. The maximum Gasteiger partial charge on any atom is 0.309 e. The highest BCUT2D eigenvalue weighted by Gasteiger charge is 2.20. The van der Waals surface area contributed by atoms with Crippen LogP contribution >= 0.6 is 0 Å². The third-order valence-electron chi connectivity index (χ3n) is 4.12. The highest BCUT2D eigenvalue weighted by atomic mass is 16.6. The number of nitro groups is 1. The van der Waals surface area contributed by atoms with Crippen molar-refractivity contribution in [1.29, 1.82) is 0 Å². The Bertz CT molecular complexity index is 1030. The van der Waals surface area contributed by atoms with E-state index in [1.807, 2.05) is 0 Å². The second-order valence-electron chi connectivity index (χ2n) is 6.21. The number of nitrogens with one attached hydrogen (secondary N) is 2. The van der Waals surface area contributed by atoms with Crippen molar-refractivity contribution in [2.45, 2.75) is 26.4 Å². The molecular weight excluding hydrogens is 382 g/mol. The Labute approximate surface area is 164 Å². The van der Waals surface area contributed by atoms with Gasteiger partial charge in [-0.05, 0) is 19.1 Å². The molecule has 0 saturated carbocycles. The lowest BCUT2D eigenvalue weighted by Crippen LogP contribution is -2.26. The van der Waals surface area contributed by atoms with Crippen molar-refractivity contribution in [2.24, 2.45) is 7.05 Å². The van der Waals surface area contributed by atoms with Crippen molar-refractivity contribution in [3.05, 3.63) is 58.1 Å². The Morgan fingerprint density at radius 1 is 1.38 bits per heavy atom. The molecule has 12 nitrogen and oxygen atoms in total. The van der Waals surface area contributed by atoms with E-state index in [9.17, 15) is 19.7 Å². The molecule has 0 atom stereocenters. The van der Waals surface area contributed by atoms with Crippen LogP contribution in [0.4, 0.5) is 11.4 Å². The fraction of sp³-hybridized carbons (Fsp3) is 0.294. The Morgan fingerprint density at radius 2 is 2.17 bits per heavy atom. The summed E-state index contributed by atoms with van der Waals surface area (Å²) < 4.78 is 7.86. The lowest BCUT2D eigenvalue weighted by Gasteiger charge is -2.08. The number of hydrogen-bond acceptors (Lipinski definition) is 7. The highest BCUT2D eigenvalue weighted by Crippen LogP contribution is 2.17. The Hall–Kier alpha value is -3.96. The van der Waals surface area contributed by atoms with Gasteiger partial charge in [0.1, 0.15) is 23.3 Å². The van der Waals surface area contributed by atoms with Crippen LogP contribution in [-0.2, 0) is 24.9 Å². The number of amides is 2. The fourth-order valence-corrected chi connectivity index (χ4v) is 2.69. The summed E-state index contributed by atoms with van der Waals surface area (Å²) in [5.74, 6) is -0.210. The number of anilines is 1. The average molecular weight is 401 g/mol. The zero-order valence-corrected chi connectivity index (χ0v) is 15.8. The quantitative estimate of drug-likeness (QED) is 0.427. The summed E-state index contributed by atoms with van der Waals surface area (Å²) in [6.07, 6.45) is 4.18. The Kier molecular flexibility index (Phi) is 5.71. The van der Waals surface area contributed by atoms with Gasteiger partial charge in [-0.2, -0.15) is 10.2 Å². The van der Waals surface area contributed by atoms with Crippen LogP contribution in [0.15, 0.2) is 35.2 Å². The molecule has 0 fully saturated rings. The molecule has 3 heterocycles. The lowest BCUT2D eigenvalue weighted by atomic mass is 10.3. The molecule has 0 saturated heterocycles. The molecule has 12 heteroatoms. The van der Waals surface area contributed by atoms with Crippen LogP contribution in [0, 0.1) is 17.0 Å². The van der Waals surface area contributed by atoms with E-state index in [0.29, 0.717) is 5.76 Å². The van der Waals surface area contributed by atoms with Crippen LogP contribution in [0.25, 0.3) is 0 Å². The van der Waals surface area contributed by atoms with Crippen LogP contribution < -0.4 is 10.6 Å². The smallest absolute Gasteiger partial charge is 0.309 e. The van der Waals surface area contributed by atoms with Gasteiger partial charge in [-0.3, -0.25) is 29.1 Å². The number of nitrogens with zero attached hydrogens (tertiary/aromatic N) is 5. The van der Waals surface area contributed by atoms with E-state index >= 15 is 0 Å². The van der Waals surface area contributed by atoms with Gasteiger partial charge in [-0.25, -0.2) is 0 Å². The summed E-state index contributed by atoms with van der Waals surface area (Å²) in [5, 5.41) is 24.2. The van der Waals surface area contributed by atoms with E-state index in [0.717, 1.165) is 0 Å². The van der Waals surface area contributed by atoms with Gasteiger partial charge in [0, 0.05) is 20.0 Å². The minimum absolute atomic E-state index is 0.0145. The summed E-state index contributed by atoms with van der Waals surface area (Å²) in [6, 6.07) is 3.44. The van der Waals surface area contributed by atoms with Gasteiger partial charge in [-0.1, -0.05) is 0 Å². The molecule has 152 valence electrons. The molecule has 3 aromatic heterocycles. The van der Waals surface area contributed by atoms with E-state index in [2.05, 4.69) is 20.8 Å². The van der Waals surface area contributed by atoms with Gasteiger partial charge in [-0.15, -0.1) is 0 Å². The second-order valence-corrected chi connectivity index (χ2v) is 6.21. The van der Waals surface area contributed by atoms with Gasteiger partial charge < -0.3 is 15.1 Å². The first-order valence-electron chi connectivity index (χ1n) is 8.66. The molecule has 0 spiro atoms. The number of aromatic nitrogens is 4. The standard InChI is InChI=1S/C17H19N7O5/c1-11-14(24(27)28)10-23(21-11)6-5-15(25)20-13-9-19-22(2)16(13)17(26)18-8-12-4-3-7-29-12/h3-4,7,9-10H,5-6,8H2,1-2H3,(H,18,26)(H,20,25). The number of rotatable bonds is 8. The van der Waals surface area contributed by atoms with Gasteiger partial charge in [0.25, 0.3) is 5.91 Å². The van der Waals surface area contributed by atoms with Crippen molar-refractivity contribution in [1.82, 2.24) is 24.9 Å². The third kappa shape index (κ3) is 4.66. The molecule has 0 aromatic carbocycles. The largest absolute Gasteiger partial charge is 0.467 e. The minimum Gasteiger partial charge on any atom is -0.467 e. The van der Waals surface area contributed by atoms with Crippen LogP contribution in [0.3, 0.4) is 0 Å². The second kappa shape index (κ2) is 8.37. The number of carbonyl (C=O) groups excluding carboxylic acids is 2. The lowest BCUT2D eigenvalue weighted by molar-refractivity contribution is -0.385. The van der Waals surface area contributed by atoms with E-state index < -0.39 is 10.8 Å². The number of carbonyl (C=O) groups is 2. The first-order valence-corrected chi connectivity index (χ1v) is 8.66. The maximum atomic E-state index is 12.5. The monoisotopic (exact) mass is 401 g/mol. The van der Waals surface area contributed by atoms with Crippen molar-refractivity contribution in [2.75, 3.05) is 5.32 Å². The zero-order chi connectivity index (χ0) is 21.0. The van der Waals surface area contributed by atoms with Crippen molar-refractivity contribution in [3.8, 4) is 0 Å². The van der Waals surface area contributed by atoms with Gasteiger partial charge >= 0.3 is 5.69 Å². The van der Waals surface area contributed by atoms with Gasteiger partial charge in [0.15, 0.2) is 0 Å². The molecule has 3 aromatic rings. The van der Waals surface area contributed by atoms with E-state index in [-0.39, 0.29) is 48.2 Å². The summed E-state index contributed by atoms with van der Waals surface area (Å²) >= 11 is 0. The SMILES string of the molecule is Cc1nn(CCC(=O)Nc2cnn(C)c2C(=O)NCc2ccco2)cc1[N+](=O)[O-]. The molecule has 0 unspecified atom stereocenters. The molecule has 29 heavy (non-hydrogen) atoms. The van der Waals surface area contributed by atoms with Crippen LogP contribution in [0.5, 0.6) is 0 Å². The van der Waals surface area contributed by atoms with Gasteiger partial charge in [0.2, 0.25) is 5.91 Å².